The van der Waals surface area contributed by atoms with Crippen molar-refractivity contribution in [3.63, 3.8) is 0 Å². The van der Waals surface area contributed by atoms with Crippen LogP contribution in [0.15, 0.2) is 78.9 Å². The number of nitrogens with zero attached hydrogens (tertiary/aromatic N) is 1. The number of phenolic OH excluding ortho intramolecular Hbond substituents is 1. The second-order valence-corrected chi connectivity index (χ2v) is 9.08. The summed E-state index contributed by atoms with van der Waals surface area (Å²) in [6.07, 6.45) is 3.05. The third-order valence-electron chi connectivity index (χ3n) is 6.34. The zero-order valence-electron chi connectivity index (χ0n) is 22.2. The van der Waals surface area contributed by atoms with E-state index in [2.05, 4.69) is 13.0 Å². The van der Waals surface area contributed by atoms with Crippen molar-refractivity contribution >= 4 is 0 Å². The van der Waals surface area contributed by atoms with Gasteiger partial charge in [-0.15, -0.1) is 0 Å². The SMILES string of the molecule is CCCc1c(OCCCOc2cc(O)c(-c3ccc(F)cc3)cc2CC)cccc1Oc1ccccc1C#N. The van der Waals surface area contributed by atoms with E-state index in [0.29, 0.717) is 48.0 Å². The second-order valence-electron chi connectivity index (χ2n) is 9.08. The molecule has 0 amide bonds. The molecular formula is C33H32FNO4. The minimum atomic E-state index is -0.318. The van der Waals surface area contributed by atoms with Crippen LogP contribution in [0.1, 0.15) is 43.4 Å². The summed E-state index contributed by atoms with van der Waals surface area (Å²) in [6, 6.07) is 24.6. The Morgan fingerprint density at radius 1 is 0.821 bits per heavy atom. The number of hydrogen-bond donors (Lipinski definition) is 1. The summed E-state index contributed by atoms with van der Waals surface area (Å²) in [5, 5.41) is 20.0. The minimum absolute atomic E-state index is 0.0871. The first kappa shape index (κ1) is 27.5. The zero-order valence-corrected chi connectivity index (χ0v) is 22.2. The summed E-state index contributed by atoms with van der Waals surface area (Å²) < 4.78 is 31.6. The van der Waals surface area contributed by atoms with Gasteiger partial charge in [0.25, 0.3) is 0 Å². The van der Waals surface area contributed by atoms with Gasteiger partial charge in [-0.1, -0.05) is 50.6 Å². The zero-order chi connectivity index (χ0) is 27.6. The molecule has 0 aliphatic heterocycles. The molecule has 5 nitrogen and oxygen atoms in total. The van der Waals surface area contributed by atoms with Crippen LogP contribution < -0.4 is 14.2 Å². The number of benzene rings is 4. The molecule has 0 aliphatic carbocycles. The van der Waals surface area contributed by atoms with E-state index in [9.17, 15) is 14.8 Å². The molecule has 0 saturated heterocycles. The minimum Gasteiger partial charge on any atom is -0.507 e. The Kier molecular flexibility index (Phi) is 9.42. The van der Waals surface area contributed by atoms with Crippen LogP contribution in [0.5, 0.6) is 28.7 Å². The van der Waals surface area contributed by atoms with Crippen molar-refractivity contribution in [2.75, 3.05) is 13.2 Å². The van der Waals surface area contributed by atoms with Crippen molar-refractivity contribution in [3.05, 3.63) is 101 Å². The number of para-hydroxylation sites is 1. The number of halogens is 1. The summed E-state index contributed by atoms with van der Waals surface area (Å²) >= 11 is 0. The lowest BCUT2D eigenvalue weighted by atomic mass is 10.00. The van der Waals surface area contributed by atoms with E-state index < -0.39 is 0 Å². The Balaban J connectivity index is 1.39. The molecule has 0 atom stereocenters. The summed E-state index contributed by atoms with van der Waals surface area (Å²) in [5.74, 6) is 2.34. The van der Waals surface area contributed by atoms with Crippen molar-refractivity contribution in [2.45, 2.75) is 39.5 Å². The van der Waals surface area contributed by atoms with Crippen LogP contribution in [0, 0.1) is 17.1 Å². The highest BCUT2D eigenvalue weighted by molar-refractivity contribution is 5.72. The van der Waals surface area contributed by atoms with Gasteiger partial charge in [0.15, 0.2) is 0 Å². The third kappa shape index (κ3) is 6.88. The average Bonchev–Trinajstić information content (AvgIpc) is 2.95. The van der Waals surface area contributed by atoms with E-state index >= 15 is 0 Å². The van der Waals surface area contributed by atoms with Crippen molar-refractivity contribution in [1.82, 2.24) is 0 Å². The molecular weight excluding hydrogens is 493 g/mol. The monoisotopic (exact) mass is 525 g/mol. The van der Waals surface area contributed by atoms with E-state index in [-0.39, 0.29) is 11.6 Å². The molecule has 0 bridgehead atoms. The quantitative estimate of drug-likeness (QED) is 0.189. The fourth-order valence-electron chi connectivity index (χ4n) is 4.35. The highest BCUT2D eigenvalue weighted by atomic mass is 19.1. The summed E-state index contributed by atoms with van der Waals surface area (Å²) in [7, 11) is 0. The van der Waals surface area contributed by atoms with Gasteiger partial charge in [-0.25, -0.2) is 4.39 Å². The lowest BCUT2D eigenvalue weighted by molar-refractivity contribution is 0.244. The molecule has 4 rings (SSSR count). The molecule has 0 radical (unpaired) electrons. The first-order valence-electron chi connectivity index (χ1n) is 13.2. The molecule has 200 valence electrons. The van der Waals surface area contributed by atoms with E-state index in [1.54, 1.807) is 30.3 Å². The normalized spacial score (nSPS) is 10.6. The highest BCUT2D eigenvalue weighted by Crippen LogP contribution is 2.37. The topological polar surface area (TPSA) is 71.7 Å². The molecule has 1 N–H and O–H groups in total. The maximum absolute atomic E-state index is 13.3. The van der Waals surface area contributed by atoms with Gasteiger partial charge in [0.05, 0.1) is 18.8 Å². The van der Waals surface area contributed by atoms with Crippen molar-refractivity contribution in [2.24, 2.45) is 0 Å². The fraction of sp³-hybridized carbons (Fsp3) is 0.242. The maximum Gasteiger partial charge on any atom is 0.145 e. The largest absolute Gasteiger partial charge is 0.507 e. The predicted octanol–water partition coefficient (Wildman–Crippen LogP) is 8.23. The number of ether oxygens (including phenoxy) is 3. The van der Waals surface area contributed by atoms with Crippen LogP contribution in [0.2, 0.25) is 0 Å². The fourth-order valence-corrected chi connectivity index (χ4v) is 4.35. The van der Waals surface area contributed by atoms with Gasteiger partial charge < -0.3 is 19.3 Å². The van der Waals surface area contributed by atoms with E-state index in [4.69, 9.17) is 14.2 Å². The van der Waals surface area contributed by atoms with Crippen molar-refractivity contribution < 1.29 is 23.7 Å². The molecule has 0 unspecified atom stereocenters. The van der Waals surface area contributed by atoms with Gasteiger partial charge in [-0.3, -0.25) is 0 Å². The van der Waals surface area contributed by atoms with Gasteiger partial charge in [0.1, 0.15) is 40.6 Å². The first-order valence-corrected chi connectivity index (χ1v) is 13.2. The highest BCUT2D eigenvalue weighted by Gasteiger charge is 2.14. The first-order chi connectivity index (χ1) is 19.0. The van der Waals surface area contributed by atoms with Crippen LogP contribution >= 0.6 is 0 Å². The number of hydrogen-bond acceptors (Lipinski definition) is 5. The Morgan fingerprint density at radius 3 is 2.23 bits per heavy atom. The Bertz CT molecular complexity index is 1440. The predicted molar refractivity (Wildman–Crippen MR) is 150 cm³/mol. The third-order valence-corrected chi connectivity index (χ3v) is 6.34. The van der Waals surface area contributed by atoms with E-state index in [0.717, 1.165) is 41.7 Å². The molecule has 0 saturated carbocycles. The van der Waals surface area contributed by atoms with Crippen molar-refractivity contribution in [1.29, 1.82) is 5.26 Å². The number of phenols is 1. The van der Waals surface area contributed by atoms with Gasteiger partial charge in [0.2, 0.25) is 0 Å². The van der Waals surface area contributed by atoms with Gasteiger partial charge in [-0.2, -0.15) is 5.26 Å². The summed E-state index contributed by atoms with van der Waals surface area (Å²) in [5.41, 5.74) is 3.79. The molecule has 0 aliphatic rings. The number of rotatable bonds is 12. The standard InChI is InChI=1S/C33H32FNO4/c1-3-9-27-31(12-7-13-32(27)39-30-11-6-5-10-25(30)22-35)37-18-8-19-38-33-21-29(36)28(20-23(33)4-2)24-14-16-26(34)17-15-24/h5-7,10-17,20-21,36H,3-4,8-9,18-19H2,1-2H3. The maximum atomic E-state index is 13.3. The Morgan fingerprint density at radius 2 is 1.51 bits per heavy atom. The Hall–Kier alpha value is -4.50. The van der Waals surface area contributed by atoms with Gasteiger partial charge in [0, 0.05) is 23.6 Å². The average molecular weight is 526 g/mol. The Labute approximate surface area is 229 Å². The van der Waals surface area contributed by atoms with Crippen LogP contribution in [-0.2, 0) is 12.8 Å². The number of aromatic hydroxyl groups is 1. The van der Waals surface area contributed by atoms with Crippen LogP contribution in [0.4, 0.5) is 4.39 Å². The molecule has 4 aromatic rings. The molecule has 0 aromatic heterocycles. The molecule has 0 spiro atoms. The molecule has 0 fully saturated rings. The summed E-state index contributed by atoms with van der Waals surface area (Å²) in [6.45, 7) is 4.98. The summed E-state index contributed by atoms with van der Waals surface area (Å²) in [4.78, 5) is 0. The molecule has 0 heterocycles. The van der Waals surface area contributed by atoms with Crippen molar-refractivity contribution in [3.8, 4) is 45.9 Å². The lowest BCUT2D eigenvalue weighted by Crippen LogP contribution is -2.07. The lowest BCUT2D eigenvalue weighted by Gasteiger charge is -2.17. The number of nitriles is 1. The number of aryl methyl sites for hydroxylation is 1. The molecule has 39 heavy (non-hydrogen) atoms. The van der Waals surface area contributed by atoms with E-state index in [1.807, 2.05) is 43.3 Å². The van der Waals surface area contributed by atoms with Crippen LogP contribution in [0.3, 0.4) is 0 Å². The van der Waals surface area contributed by atoms with Gasteiger partial charge in [-0.05, 0) is 66.4 Å². The van der Waals surface area contributed by atoms with Crippen LogP contribution in [-0.4, -0.2) is 18.3 Å². The second kappa shape index (κ2) is 13.3. The van der Waals surface area contributed by atoms with E-state index in [1.165, 1.54) is 12.1 Å². The molecule has 4 aromatic carbocycles. The smallest absolute Gasteiger partial charge is 0.145 e. The van der Waals surface area contributed by atoms with Gasteiger partial charge >= 0.3 is 0 Å². The van der Waals surface area contributed by atoms with Crippen LogP contribution in [0.25, 0.3) is 11.1 Å². The molecule has 6 heteroatoms.